The van der Waals surface area contributed by atoms with Crippen LogP contribution in [0.2, 0.25) is 12.1 Å². The zero-order valence-electron chi connectivity index (χ0n) is 16.3. The van der Waals surface area contributed by atoms with Gasteiger partial charge in [0.25, 0.3) is 0 Å². The minimum Gasteiger partial charge on any atom is -0.147 e. The first-order valence-corrected chi connectivity index (χ1v) is 17.8. The maximum absolute atomic E-state index is 2.67. The van der Waals surface area contributed by atoms with Gasteiger partial charge in [-0.1, -0.05) is 0 Å². The van der Waals surface area contributed by atoms with E-state index in [-0.39, 0.29) is 30.2 Å². The van der Waals surface area contributed by atoms with E-state index in [9.17, 15) is 0 Å². The normalized spacial score (nSPS) is 15.1. The third-order valence-electron chi connectivity index (χ3n) is 4.91. The Kier molecular flexibility index (Phi) is 15.0. The van der Waals surface area contributed by atoms with Crippen LogP contribution in [-0.4, -0.2) is 5.43 Å². The molecule has 0 amide bonds. The van der Waals surface area contributed by atoms with Crippen LogP contribution in [0.5, 0.6) is 0 Å². The molecule has 0 aromatic carbocycles. The Morgan fingerprint density at radius 2 is 1.60 bits per heavy atom. The molecule has 0 unspecified atom stereocenters. The van der Waals surface area contributed by atoms with Crippen molar-refractivity contribution in [1.29, 1.82) is 0 Å². The number of halogens is 2. The predicted octanol–water partition coefficient (Wildman–Crippen LogP) is 7.90. The second kappa shape index (κ2) is 14.7. The Hall–Kier alpha value is 0.640. The summed E-state index contributed by atoms with van der Waals surface area (Å²) in [6.45, 7) is 7.05. The zero-order chi connectivity index (χ0) is 16.5. The van der Waals surface area contributed by atoms with Crippen molar-refractivity contribution in [2.24, 2.45) is 0 Å². The van der Waals surface area contributed by atoms with Crippen LogP contribution in [0, 0.1) is 0 Å². The van der Waals surface area contributed by atoms with E-state index in [1.807, 2.05) is 6.56 Å². The number of hydrogen-bond acceptors (Lipinski definition) is 0. The summed E-state index contributed by atoms with van der Waals surface area (Å²) in [5.41, 5.74) is 1.53. The van der Waals surface area contributed by atoms with E-state index in [0.717, 1.165) is 0 Å². The van der Waals surface area contributed by atoms with E-state index in [2.05, 4.69) is 51.2 Å². The van der Waals surface area contributed by atoms with Crippen LogP contribution >= 0.6 is 24.8 Å². The van der Waals surface area contributed by atoms with Gasteiger partial charge in [0, 0.05) is 0 Å². The van der Waals surface area contributed by atoms with Crippen LogP contribution in [0.4, 0.5) is 0 Å². The molecule has 0 spiro atoms. The Morgan fingerprint density at radius 3 is 2.12 bits per heavy atom. The fourth-order valence-electron chi connectivity index (χ4n) is 3.67. The number of hydrogen-bond donors (Lipinski definition) is 0. The number of rotatable bonds is 10. The molecule has 0 aromatic rings. The Labute approximate surface area is 176 Å². The topological polar surface area (TPSA) is 0 Å². The molecule has 0 heterocycles. The molecule has 2 rings (SSSR count). The molecule has 0 bridgehead atoms. The Bertz CT molecular complexity index is 546. The van der Waals surface area contributed by atoms with Gasteiger partial charge in [-0.3, -0.25) is 0 Å². The molecule has 0 saturated carbocycles. The molecule has 142 valence electrons. The zero-order valence-corrected chi connectivity index (χ0v) is 21.4. The minimum atomic E-state index is -1.57. The average Bonchev–Trinajstić information content (AvgIpc) is 3.23. The van der Waals surface area contributed by atoms with E-state index in [4.69, 9.17) is 0 Å². The van der Waals surface area contributed by atoms with Gasteiger partial charge in [-0.15, -0.1) is 24.8 Å². The van der Waals surface area contributed by atoms with Crippen LogP contribution in [0.15, 0.2) is 42.5 Å². The minimum absolute atomic E-state index is 0. The summed E-state index contributed by atoms with van der Waals surface area (Å²) in [6.07, 6.45) is 23.4. The summed E-state index contributed by atoms with van der Waals surface area (Å²) in [4.78, 5) is 0. The smallest absolute Gasteiger partial charge is 0.147 e. The van der Waals surface area contributed by atoms with Crippen molar-refractivity contribution in [3.8, 4) is 0 Å². The van der Waals surface area contributed by atoms with Gasteiger partial charge in [-0.2, -0.15) is 0 Å². The summed E-state index contributed by atoms with van der Waals surface area (Å²) in [5.74, 6) is 0. The monoisotopic (exact) mass is 476 g/mol. The summed E-state index contributed by atoms with van der Waals surface area (Å²) < 4.78 is 3.87. The van der Waals surface area contributed by atoms with Crippen molar-refractivity contribution in [2.75, 3.05) is 0 Å². The summed E-state index contributed by atoms with van der Waals surface area (Å²) in [7, 11) is 0. The average molecular weight is 479 g/mol. The van der Waals surface area contributed by atoms with Crippen molar-refractivity contribution < 1.29 is 20.4 Å². The molecule has 2 aliphatic rings. The molecule has 0 aliphatic heterocycles. The van der Waals surface area contributed by atoms with Crippen molar-refractivity contribution >= 4 is 30.2 Å². The first kappa shape index (κ1) is 25.6. The van der Waals surface area contributed by atoms with Gasteiger partial charge in [-0.05, 0) is 0 Å². The molecule has 0 aromatic heterocycles. The van der Waals surface area contributed by atoms with Crippen molar-refractivity contribution in [3.05, 3.63) is 42.5 Å². The van der Waals surface area contributed by atoms with Crippen LogP contribution < -0.4 is 0 Å². The van der Waals surface area contributed by atoms with E-state index in [1.165, 1.54) is 51.4 Å². The standard InChI is InChI=1S/C8H18Si.C8H11.C5H5.2ClH.Zr/c1-3-5-7-9-8-6-4-2;1-2-5-8-6-3-4-7-8;1-2-4-5-3-1;;;/h3-8H2,1-2H3;6-7H,2-3,5H2,1H3;1-3H,4H2;2*1H;. The second-order valence-electron chi connectivity index (χ2n) is 6.91. The molecule has 0 N–H and O–H groups in total. The summed E-state index contributed by atoms with van der Waals surface area (Å²) in [5, 5.41) is 0. The van der Waals surface area contributed by atoms with E-state index in [1.54, 1.807) is 17.7 Å². The van der Waals surface area contributed by atoms with Crippen LogP contribution in [-0.2, 0) is 20.4 Å². The fraction of sp³-hybridized carbons (Fsp3) is 0.619. The van der Waals surface area contributed by atoms with Crippen LogP contribution in [0.25, 0.3) is 0 Å². The van der Waals surface area contributed by atoms with E-state index >= 15 is 0 Å². The molecule has 0 radical (unpaired) electrons. The van der Waals surface area contributed by atoms with Gasteiger partial charge >= 0.3 is 153 Å². The quantitative estimate of drug-likeness (QED) is 0.280. The molecular formula is C21H36Cl2SiZr. The maximum atomic E-state index is 2.67. The number of unbranched alkanes of at least 4 members (excludes halogenated alkanes) is 2. The van der Waals surface area contributed by atoms with E-state index in [0.29, 0.717) is 0 Å². The van der Waals surface area contributed by atoms with Crippen molar-refractivity contribution in [1.82, 2.24) is 0 Å². The molecule has 2 aliphatic carbocycles. The first-order chi connectivity index (χ1) is 11.3. The fourth-order valence-corrected chi connectivity index (χ4v) is 26.0. The molecule has 0 atom stereocenters. The first-order valence-electron chi connectivity index (χ1n) is 9.78. The molecule has 0 fully saturated rings. The molecule has 4 heteroatoms. The van der Waals surface area contributed by atoms with Gasteiger partial charge in [0.15, 0.2) is 0 Å². The Balaban J connectivity index is 0.00000288. The predicted molar refractivity (Wildman–Crippen MR) is 117 cm³/mol. The SMILES string of the molecule is CCCC[Si](CCCC)=[Zr]([C]1=CC=CC1)[C]1=CC(CCC)=CC1.Cl.Cl. The van der Waals surface area contributed by atoms with Gasteiger partial charge in [0.05, 0.1) is 0 Å². The molecule has 0 nitrogen and oxygen atoms in total. The third-order valence-corrected chi connectivity index (χ3v) is 25.2. The van der Waals surface area contributed by atoms with Gasteiger partial charge in [0.1, 0.15) is 0 Å². The van der Waals surface area contributed by atoms with Crippen LogP contribution in [0.3, 0.4) is 0 Å². The van der Waals surface area contributed by atoms with Gasteiger partial charge < -0.3 is 0 Å². The van der Waals surface area contributed by atoms with Crippen molar-refractivity contribution in [2.45, 2.75) is 84.2 Å². The molecule has 25 heavy (non-hydrogen) atoms. The third kappa shape index (κ3) is 8.04. The summed E-state index contributed by atoms with van der Waals surface area (Å²) >= 11 is -1.57. The summed E-state index contributed by atoms with van der Waals surface area (Å²) in [6, 6.07) is 3.18. The largest absolute Gasteiger partial charge is 0.147 e. The molecule has 0 saturated heterocycles. The van der Waals surface area contributed by atoms with E-state index < -0.39 is 20.4 Å². The van der Waals surface area contributed by atoms with Gasteiger partial charge in [0.2, 0.25) is 0 Å². The second-order valence-corrected chi connectivity index (χ2v) is 22.3. The number of allylic oxidation sites excluding steroid dienone is 8. The Morgan fingerprint density at radius 1 is 0.920 bits per heavy atom. The van der Waals surface area contributed by atoms with Gasteiger partial charge in [-0.25, -0.2) is 0 Å². The molecular weight excluding hydrogens is 442 g/mol. The maximum Gasteiger partial charge on any atom is -0.147 e. The van der Waals surface area contributed by atoms with Crippen LogP contribution in [0.1, 0.15) is 72.1 Å². The van der Waals surface area contributed by atoms with Crippen molar-refractivity contribution in [3.63, 3.8) is 0 Å².